The van der Waals surface area contributed by atoms with Gasteiger partial charge in [-0.1, -0.05) is 17.3 Å². The zero-order valence-electron chi connectivity index (χ0n) is 13.5. The number of fused-ring (bicyclic) bond motifs is 1. The predicted octanol–water partition coefficient (Wildman–Crippen LogP) is 3.71. The number of nitrogens with zero attached hydrogens (tertiary/aromatic N) is 2. The zero-order chi connectivity index (χ0) is 17.2. The Balaban J connectivity index is 1.42. The topological polar surface area (TPSA) is 81.2 Å². The number of amides is 1. The van der Waals surface area contributed by atoms with Crippen LogP contribution in [0, 0.1) is 6.92 Å². The molecule has 1 aromatic carbocycles. The molecule has 6 nitrogen and oxygen atoms in total. The van der Waals surface area contributed by atoms with Gasteiger partial charge in [0.2, 0.25) is 5.91 Å². The Morgan fingerprint density at radius 2 is 2.12 bits per heavy atom. The second-order valence-electron chi connectivity index (χ2n) is 5.58. The molecule has 0 aliphatic rings. The van der Waals surface area contributed by atoms with Crippen LogP contribution < -0.4 is 5.32 Å². The van der Waals surface area contributed by atoms with E-state index in [1.165, 1.54) is 11.3 Å². The fourth-order valence-corrected chi connectivity index (χ4v) is 3.53. The lowest BCUT2D eigenvalue weighted by Crippen LogP contribution is -2.24. The number of rotatable bonds is 5. The number of hydrogen-bond acceptors (Lipinski definition) is 6. The van der Waals surface area contributed by atoms with Crippen molar-refractivity contribution in [3.8, 4) is 10.8 Å². The first kappa shape index (κ1) is 15.6. The minimum atomic E-state index is -0.105. The Kier molecular flexibility index (Phi) is 4.07. The maximum atomic E-state index is 12.2. The number of thiazole rings is 1. The van der Waals surface area contributed by atoms with E-state index >= 15 is 0 Å². The number of aryl methyl sites for hydroxylation is 1. The number of para-hydroxylation sites is 1. The summed E-state index contributed by atoms with van der Waals surface area (Å²) >= 11 is 1.52. The fourth-order valence-electron chi connectivity index (χ4n) is 2.56. The van der Waals surface area contributed by atoms with Crippen molar-refractivity contribution in [2.24, 2.45) is 0 Å². The average molecular weight is 353 g/mol. The lowest BCUT2D eigenvalue weighted by atomic mass is 10.1. The molecule has 0 atom stereocenters. The third-order valence-electron chi connectivity index (χ3n) is 3.85. The van der Waals surface area contributed by atoms with Crippen molar-refractivity contribution >= 4 is 28.2 Å². The van der Waals surface area contributed by atoms with E-state index in [2.05, 4.69) is 15.5 Å². The number of nitrogens with one attached hydrogen (secondary N) is 1. The van der Waals surface area contributed by atoms with Crippen molar-refractivity contribution in [1.29, 1.82) is 0 Å². The summed E-state index contributed by atoms with van der Waals surface area (Å²) in [5, 5.41) is 8.59. The summed E-state index contributed by atoms with van der Waals surface area (Å²) < 4.78 is 10.6. The summed E-state index contributed by atoms with van der Waals surface area (Å²) in [5.41, 5.74) is 2.22. The molecule has 3 heterocycles. The van der Waals surface area contributed by atoms with E-state index in [-0.39, 0.29) is 12.3 Å². The highest BCUT2D eigenvalue weighted by Crippen LogP contribution is 2.28. The van der Waals surface area contributed by atoms with Crippen LogP contribution in [0.2, 0.25) is 0 Å². The molecule has 7 heteroatoms. The summed E-state index contributed by atoms with van der Waals surface area (Å²) in [4.78, 5) is 17.7. The van der Waals surface area contributed by atoms with Gasteiger partial charge in [-0.05, 0) is 31.2 Å². The number of hydrogen-bond donors (Lipinski definition) is 1. The summed E-state index contributed by atoms with van der Waals surface area (Å²) in [7, 11) is 0. The number of furan rings is 1. The Morgan fingerprint density at radius 1 is 1.24 bits per heavy atom. The van der Waals surface area contributed by atoms with Gasteiger partial charge in [-0.3, -0.25) is 4.79 Å². The van der Waals surface area contributed by atoms with Gasteiger partial charge in [-0.2, -0.15) is 0 Å². The van der Waals surface area contributed by atoms with Crippen LogP contribution in [0.25, 0.3) is 21.7 Å². The van der Waals surface area contributed by atoms with Crippen LogP contribution in [-0.4, -0.2) is 16.0 Å². The quantitative estimate of drug-likeness (QED) is 0.591. The molecule has 0 spiro atoms. The highest BCUT2D eigenvalue weighted by atomic mass is 32.1. The van der Waals surface area contributed by atoms with Gasteiger partial charge in [0.1, 0.15) is 5.69 Å². The number of carbonyl (C=O) groups excluding carboxylic acids is 1. The number of carbonyl (C=O) groups is 1. The van der Waals surface area contributed by atoms with E-state index in [1.807, 2.05) is 43.3 Å². The zero-order valence-corrected chi connectivity index (χ0v) is 14.3. The van der Waals surface area contributed by atoms with Gasteiger partial charge in [-0.15, -0.1) is 11.3 Å². The predicted molar refractivity (Wildman–Crippen MR) is 94.1 cm³/mol. The average Bonchev–Trinajstić information content (AvgIpc) is 3.34. The van der Waals surface area contributed by atoms with Crippen molar-refractivity contribution in [2.75, 3.05) is 0 Å². The van der Waals surface area contributed by atoms with Crippen molar-refractivity contribution in [3.05, 3.63) is 58.9 Å². The summed E-state index contributed by atoms with van der Waals surface area (Å²) in [6.07, 6.45) is 1.80. The Morgan fingerprint density at radius 3 is 2.96 bits per heavy atom. The molecule has 4 rings (SSSR count). The lowest BCUT2D eigenvalue weighted by molar-refractivity contribution is -0.120. The van der Waals surface area contributed by atoms with Crippen molar-refractivity contribution < 1.29 is 13.7 Å². The molecule has 0 saturated heterocycles. The van der Waals surface area contributed by atoms with Crippen molar-refractivity contribution in [2.45, 2.75) is 19.9 Å². The molecule has 4 aromatic rings. The minimum absolute atomic E-state index is 0.105. The second-order valence-corrected chi connectivity index (χ2v) is 6.67. The van der Waals surface area contributed by atoms with E-state index in [4.69, 9.17) is 8.94 Å². The molecule has 0 unspecified atom stereocenters. The van der Waals surface area contributed by atoms with Gasteiger partial charge >= 0.3 is 0 Å². The van der Waals surface area contributed by atoms with Crippen molar-refractivity contribution in [1.82, 2.24) is 15.5 Å². The summed E-state index contributed by atoms with van der Waals surface area (Å²) in [6, 6.07) is 11.2. The first-order valence-electron chi connectivity index (χ1n) is 7.81. The maximum Gasteiger partial charge on any atom is 0.226 e. The minimum Gasteiger partial charge on any atom is -0.462 e. The SMILES string of the molecule is Cc1nc(-c2ccco2)sc1CNC(=O)Cc1noc2ccccc12. The van der Waals surface area contributed by atoms with Gasteiger partial charge in [0.05, 0.1) is 24.9 Å². The molecule has 1 N–H and O–H groups in total. The van der Waals surface area contributed by atoms with Gasteiger partial charge in [0.25, 0.3) is 0 Å². The van der Waals surface area contributed by atoms with E-state index in [1.54, 1.807) is 6.26 Å². The Bertz CT molecular complexity index is 1020. The first-order chi connectivity index (χ1) is 12.2. The largest absolute Gasteiger partial charge is 0.462 e. The standard InChI is InChI=1S/C18H15N3O3S/c1-11-16(25-18(20-11)15-7-4-8-23-15)10-19-17(22)9-13-12-5-2-3-6-14(12)24-21-13/h2-8H,9-10H2,1H3,(H,19,22). The third-order valence-corrected chi connectivity index (χ3v) is 5.02. The highest BCUT2D eigenvalue weighted by Gasteiger charge is 2.14. The molecule has 3 aromatic heterocycles. The van der Waals surface area contributed by atoms with Crippen LogP contribution in [-0.2, 0) is 17.8 Å². The molecule has 0 aliphatic carbocycles. The fraction of sp³-hybridized carbons (Fsp3) is 0.167. The van der Waals surface area contributed by atoms with Crippen LogP contribution in [0.1, 0.15) is 16.3 Å². The summed E-state index contributed by atoms with van der Waals surface area (Å²) in [6.45, 7) is 2.36. The van der Waals surface area contributed by atoms with Crippen LogP contribution in [0.3, 0.4) is 0 Å². The van der Waals surface area contributed by atoms with Crippen LogP contribution in [0.15, 0.2) is 51.6 Å². The molecule has 0 radical (unpaired) electrons. The normalized spacial score (nSPS) is 11.1. The van der Waals surface area contributed by atoms with Crippen molar-refractivity contribution in [3.63, 3.8) is 0 Å². The Hall–Kier alpha value is -2.93. The number of aromatic nitrogens is 2. The third kappa shape index (κ3) is 3.18. The molecular weight excluding hydrogens is 338 g/mol. The second kappa shape index (κ2) is 6.52. The smallest absolute Gasteiger partial charge is 0.226 e. The van der Waals surface area contributed by atoms with Gasteiger partial charge in [0, 0.05) is 10.3 Å². The Labute approximate surface area is 147 Å². The van der Waals surface area contributed by atoms with Crippen LogP contribution in [0.5, 0.6) is 0 Å². The summed E-state index contributed by atoms with van der Waals surface area (Å²) in [5.74, 6) is 0.631. The maximum absolute atomic E-state index is 12.2. The molecule has 25 heavy (non-hydrogen) atoms. The van der Waals surface area contributed by atoms with E-state index in [0.717, 1.165) is 26.7 Å². The molecule has 0 fully saturated rings. The monoisotopic (exact) mass is 353 g/mol. The van der Waals surface area contributed by atoms with Gasteiger partial charge in [0.15, 0.2) is 16.4 Å². The van der Waals surface area contributed by atoms with E-state index in [0.29, 0.717) is 17.8 Å². The van der Waals surface area contributed by atoms with Crippen LogP contribution >= 0.6 is 11.3 Å². The molecule has 0 aliphatic heterocycles. The first-order valence-corrected chi connectivity index (χ1v) is 8.62. The number of benzene rings is 1. The molecule has 0 saturated carbocycles. The van der Waals surface area contributed by atoms with Gasteiger partial charge in [-0.25, -0.2) is 4.98 Å². The van der Waals surface area contributed by atoms with Crippen LogP contribution in [0.4, 0.5) is 0 Å². The van der Waals surface area contributed by atoms with E-state index < -0.39 is 0 Å². The molecule has 1 amide bonds. The molecule has 126 valence electrons. The molecule has 0 bridgehead atoms. The lowest BCUT2D eigenvalue weighted by Gasteiger charge is -2.02. The molecular formula is C18H15N3O3S. The highest BCUT2D eigenvalue weighted by molar-refractivity contribution is 7.15. The van der Waals surface area contributed by atoms with E-state index in [9.17, 15) is 4.79 Å². The van der Waals surface area contributed by atoms with Gasteiger partial charge < -0.3 is 14.3 Å².